The van der Waals surface area contributed by atoms with Gasteiger partial charge in [0.1, 0.15) is 0 Å². The monoisotopic (exact) mass is 269 g/mol. The van der Waals surface area contributed by atoms with Gasteiger partial charge in [-0.3, -0.25) is 9.78 Å². The molecule has 4 heteroatoms. The molecule has 0 aliphatic carbocycles. The molecule has 1 aromatic heterocycles. The van der Waals surface area contributed by atoms with Crippen LogP contribution in [0, 0.1) is 0 Å². The zero-order valence-electron chi connectivity index (χ0n) is 11.5. The molecule has 3 N–H and O–H groups in total. The van der Waals surface area contributed by atoms with Crippen molar-refractivity contribution >= 4 is 11.6 Å². The van der Waals surface area contributed by atoms with E-state index in [1.807, 2.05) is 49.4 Å². The summed E-state index contributed by atoms with van der Waals surface area (Å²) in [4.78, 5) is 16.2. The van der Waals surface area contributed by atoms with E-state index < -0.39 is 0 Å². The fourth-order valence-corrected chi connectivity index (χ4v) is 2.03. The van der Waals surface area contributed by atoms with Crippen molar-refractivity contribution in [2.75, 3.05) is 5.73 Å². The molecule has 104 valence electrons. The zero-order chi connectivity index (χ0) is 14.4. The molecule has 0 aliphatic rings. The van der Waals surface area contributed by atoms with Crippen LogP contribution in [-0.4, -0.2) is 10.9 Å². The number of nitrogens with one attached hydrogen (secondary N) is 1. The second-order valence-corrected chi connectivity index (χ2v) is 4.74. The minimum atomic E-state index is -0.0863. The number of nitrogen functional groups attached to an aromatic ring is 1. The first kappa shape index (κ1) is 14.1. The van der Waals surface area contributed by atoms with Gasteiger partial charge in [-0.15, -0.1) is 0 Å². The molecule has 0 saturated carbocycles. The van der Waals surface area contributed by atoms with E-state index >= 15 is 0 Å². The first-order valence-electron chi connectivity index (χ1n) is 6.70. The van der Waals surface area contributed by atoms with Gasteiger partial charge in [0.05, 0.1) is 11.7 Å². The molecule has 1 aromatic carbocycles. The van der Waals surface area contributed by atoms with Crippen LogP contribution < -0.4 is 11.1 Å². The van der Waals surface area contributed by atoms with E-state index in [-0.39, 0.29) is 11.9 Å². The number of hydrogen-bond acceptors (Lipinski definition) is 3. The SMILES string of the molecule is C[C@H](NC(=O)CCc1ccccc1N)c1ccccn1. The Labute approximate surface area is 119 Å². The maximum atomic E-state index is 11.9. The van der Waals surface area contributed by atoms with E-state index in [9.17, 15) is 4.79 Å². The summed E-state index contributed by atoms with van der Waals surface area (Å²) in [6, 6.07) is 13.2. The summed E-state index contributed by atoms with van der Waals surface area (Å²) < 4.78 is 0. The molecule has 0 fully saturated rings. The Bertz CT molecular complexity index is 569. The van der Waals surface area contributed by atoms with Gasteiger partial charge >= 0.3 is 0 Å². The van der Waals surface area contributed by atoms with Gasteiger partial charge in [-0.1, -0.05) is 24.3 Å². The highest BCUT2D eigenvalue weighted by molar-refractivity contribution is 5.76. The number of aromatic nitrogens is 1. The van der Waals surface area contributed by atoms with Crippen molar-refractivity contribution in [1.82, 2.24) is 10.3 Å². The molecular weight excluding hydrogens is 250 g/mol. The fourth-order valence-electron chi connectivity index (χ4n) is 2.03. The van der Waals surface area contributed by atoms with Crippen LogP contribution in [0.1, 0.15) is 30.6 Å². The summed E-state index contributed by atoms with van der Waals surface area (Å²) in [7, 11) is 0. The molecule has 2 aromatic rings. The van der Waals surface area contributed by atoms with Crippen molar-refractivity contribution in [3.63, 3.8) is 0 Å². The lowest BCUT2D eigenvalue weighted by atomic mass is 10.1. The summed E-state index contributed by atoms with van der Waals surface area (Å²) in [6.07, 6.45) is 2.79. The summed E-state index contributed by atoms with van der Waals surface area (Å²) >= 11 is 0. The Morgan fingerprint density at radius 3 is 2.70 bits per heavy atom. The first-order valence-corrected chi connectivity index (χ1v) is 6.70. The molecule has 0 saturated heterocycles. The topological polar surface area (TPSA) is 68.0 Å². The molecule has 0 radical (unpaired) electrons. The van der Waals surface area contributed by atoms with Crippen LogP contribution in [0.4, 0.5) is 5.69 Å². The second-order valence-electron chi connectivity index (χ2n) is 4.74. The molecule has 20 heavy (non-hydrogen) atoms. The predicted molar refractivity (Wildman–Crippen MR) is 80.0 cm³/mol. The number of amides is 1. The number of rotatable bonds is 5. The Morgan fingerprint density at radius 1 is 1.25 bits per heavy atom. The average molecular weight is 269 g/mol. The maximum absolute atomic E-state index is 11.9. The number of carbonyl (C=O) groups is 1. The Kier molecular flexibility index (Phi) is 4.71. The van der Waals surface area contributed by atoms with Crippen LogP contribution in [-0.2, 0) is 11.2 Å². The van der Waals surface area contributed by atoms with E-state index in [0.29, 0.717) is 12.8 Å². The Balaban J connectivity index is 1.86. The summed E-state index contributed by atoms with van der Waals surface area (Å²) in [6.45, 7) is 1.93. The molecule has 2 rings (SSSR count). The minimum absolute atomic E-state index is 0.00593. The largest absolute Gasteiger partial charge is 0.399 e. The van der Waals surface area contributed by atoms with Crippen molar-refractivity contribution < 1.29 is 4.79 Å². The van der Waals surface area contributed by atoms with Crippen LogP contribution in [0.25, 0.3) is 0 Å². The van der Waals surface area contributed by atoms with Gasteiger partial charge in [0.25, 0.3) is 0 Å². The number of nitrogens with zero attached hydrogens (tertiary/aromatic N) is 1. The van der Waals surface area contributed by atoms with Crippen molar-refractivity contribution in [2.45, 2.75) is 25.8 Å². The highest BCUT2D eigenvalue weighted by Gasteiger charge is 2.10. The van der Waals surface area contributed by atoms with Gasteiger partial charge in [0.15, 0.2) is 0 Å². The lowest BCUT2D eigenvalue weighted by Gasteiger charge is -2.13. The fraction of sp³-hybridized carbons (Fsp3) is 0.250. The van der Waals surface area contributed by atoms with Crippen molar-refractivity contribution in [2.24, 2.45) is 0 Å². The van der Waals surface area contributed by atoms with Crippen LogP contribution in [0.2, 0.25) is 0 Å². The maximum Gasteiger partial charge on any atom is 0.220 e. The smallest absolute Gasteiger partial charge is 0.220 e. The number of carbonyl (C=O) groups excluding carboxylic acids is 1. The van der Waals surface area contributed by atoms with Crippen molar-refractivity contribution in [3.8, 4) is 0 Å². The van der Waals surface area contributed by atoms with Gasteiger partial charge in [-0.2, -0.15) is 0 Å². The molecule has 0 aliphatic heterocycles. The molecule has 0 spiro atoms. The van der Waals surface area contributed by atoms with Gasteiger partial charge < -0.3 is 11.1 Å². The number of anilines is 1. The Hall–Kier alpha value is -2.36. The standard InChI is InChI=1S/C16H19N3O/c1-12(15-8-4-5-11-18-15)19-16(20)10-9-13-6-2-3-7-14(13)17/h2-8,11-12H,9-10,17H2,1H3,(H,19,20)/t12-/m0/s1. The third kappa shape index (κ3) is 3.82. The average Bonchev–Trinajstić information content (AvgIpc) is 2.47. The van der Waals surface area contributed by atoms with Gasteiger partial charge in [0, 0.05) is 18.3 Å². The lowest BCUT2D eigenvalue weighted by Crippen LogP contribution is -2.27. The third-order valence-electron chi connectivity index (χ3n) is 3.19. The molecule has 1 amide bonds. The molecule has 0 bridgehead atoms. The van der Waals surface area contributed by atoms with E-state index in [1.165, 1.54) is 0 Å². The van der Waals surface area contributed by atoms with Crippen LogP contribution in [0.5, 0.6) is 0 Å². The zero-order valence-corrected chi connectivity index (χ0v) is 11.5. The lowest BCUT2D eigenvalue weighted by molar-refractivity contribution is -0.121. The first-order chi connectivity index (χ1) is 9.66. The molecule has 1 heterocycles. The van der Waals surface area contributed by atoms with Crippen molar-refractivity contribution in [1.29, 1.82) is 0 Å². The number of aryl methyl sites for hydroxylation is 1. The molecular formula is C16H19N3O. The third-order valence-corrected chi connectivity index (χ3v) is 3.19. The predicted octanol–water partition coefficient (Wildman–Crippen LogP) is 2.47. The number of pyridine rings is 1. The summed E-state index contributed by atoms with van der Waals surface area (Å²) in [5.41, 5.74) is 8.46. The number of hydrogen-bond donors (Lipinski definition) is 2. The molecule has 4 nitrogen and oxygen atoms in total. The van der Waals surface area contributed by atoms with Gasteiger partial charge in [-0.25, -0.2) is 0 Å². The normalized spacial score (nSPS) is 11.8. The van der Waals surface area contributed by atoms with Crippen molar-refractivity contribution in [3.05, 3.63) is 59.9 Å². The highest BCUT2D eigenvalue weighted by Crippen LogP contribution is 2.13. The quantitative estimate of drug-likeness (QED) is 0.819. The van der Waals surface area contributed by atoms with E-state index in [1.54, 1.807) is 6.20 Å². The van der Waals surface area contributed by atoms with E-state index in [4.69, 9.17) is 5.73 Å². The molecule has 0 unspecified atom stereocenters. The van der Waals surface area contributed by atoms with Crippen LogP contribution in [0.3, 0.4) is 0 Å². The highest BCUT2D eigenvalue weighted by atomic mass is 16.1. The van der Waals surface area contributed by atoms with Crippen LogP contribution in [0.15, 0.2) is 48.7 Å². The second kappa shape index (κ2) is 6.70. The number of benzene rings is 1. The Morgan fingerprint density at radius 2 is 2.00 bits per heavy atom. The molecule has 1 atom stereocenters. The number of para-hydroxylation sites is 1. The summed E-state index contributed by atoms with van der Waals surface area (Å²) in [5, 5.41) is 2.94. The van der Waals surface area contributed by atoms with Gasteiger partial charge in [0.2, 0.25) is 5.91 Å². The van der Waals surface area contributed by atoms with E-state index in [0.717, 1.165) is 16.9 Å². The number of nitrogens with two attached hydrogens (primary N) is 1. The summed E-state index contributed by atoms with van der Waals surface area (Å²) in [5.74, 6) is 0.00593. The van der Waals surface area contributed by atoms with E-state index in [2.05, 4.69) is 10.3 Å². The minimum Gasteiger partial charge on any atom is -0.399 e. The van der Waals surface area contributed by atoms with Crippen LogP contribution >= 0.6 is 0 Å². The van der Waals surface area contributed by atoms with Gasteiger partial charge in [-0.05, 0) is 37.1 Å².